The van der Waals surface area contributed by atoms with Crippen molar-refractivity contribution in [3.05, 3.63) is 29.8 Å². The SMILES string of the molecule is CC(C)(C)c1ccccc1N1CCN(CCO)CC1. The number of hydrogen-bond acceptors (Lipinski definition) is 3. The first-order valence-corrected chi connectivity index (χ1v) is 7.20. The van der Waals surface area contributed by atoms with Gasteiger partial charge in [0.1, 0.15) is 0 Å². The Labute approximate surface area is 116 Å². The third kappa shape index (κ3) is 3.48. The van der Waals surface area contributed by atoms with Crippen LogP contribution in [0.3, 0.4) is 0 Å². The minimum absolute atomic E-state index is 0.179. The fourth-order valence-electron chi connectivity index (χ4n) is 2.74. The van der Waals surface area contributed by atoms with Crippen molar-refractivity contribution in [1.82, 2.24) is 4.90 Å². The molecule has 2 rings (SSSR count). The molecule has 1 heterocycles. The first-order valence-electron chi connectivity index (χ1n) is 7.20. The van der Waals surface area contributed by atoms with Crippen LogP contribution >= 0.6 is 0 Å². The van der Waals surface area contributed by atoms with E-state index in [-0.39, 0.29) is 12.0 Å². The highest BCUT2D eigenvalue weighted by atomic mass is 16.3. The molecule has 0 spiro atoms. The second kappa shape index (κ2) is 5.93. The molecule has 0 aromatic heterocycles. The Morgan fingerprint density at radius 2 is 1.68 bits per heavy atom. The van der Waals surface area contributed by atoms with Gasteiger partial charge in [-0.15, -0.1) is 0 Å². The number of rotatable bonds is 3. The zero-order valence-corrected chi connectivity index (χ0v) is 12.4. The predicted molar refractivity (Wildman–Crippen MR) is 80.9 cm³/mol. The van der Waals surface area contributed by atoms with Crippen molar-refractivity contribution in [3.8, 4) is 0 Å². The average Bonchev–Trinajstić information content (AvgIpc) is 2.39. The molecule has 1 aliphatic heterocycles. The minimum Gasteiger partial charge on any atom is -0.395 e. The lowest BCUT2D eigenvalue weighted by atomic mass is 9.85. The molecule has 0 unspecified atom stereocenters. The van der Waals surface area contributed by atoms with Gasteiger partial charge in [-0.05, 0) is 17.0 Å². The molecule has 3 nitrogen and oxygen atoms in total. The van der Waals surface area contributed by atoms with E-state index in [9.17, 15) is 0 Å². The monoisotopic (exact) mass is 262 g/mol. The van der Waals surface area contributed by atoms with Crippen molar-refractivity contribution in [2.75, 3.05) is 44.2 Å². The molecule has 0 bridgehead atoms. The van der Waals surface area contributed by atoms with Crippen molar-refractivity contribution in [2.24, 2.45) is 0 Å². The summed E-state index contributed by atoms with van der Waals surface area (Å²) < 4.78 is 0. The molecule has 1 aliphatic rings. The summed E-state index contributed by atoms with van der Waals surface area (Å²) in [5, 5.41) is 9.00. The van der Waals surface area contributed by atoms with Gasteiger partial charge in [-0.1, -0.05) is 39.0 Å². The standard InChI is InChI=1S/C16H26N2O/c1-16(2,3)14-6-4-5-7-15(14)18-10-8-17(9-11-18)12-13-19/h4-7,19H,8-13H2,1-3H3. The van der Waals surface area contributed by atoms with Crippen LogP contribution in [0.2, 0.25) is 0 Å². The van der Waals surface area contributed by atoms with Gasteiger partial charge in [0.15, 0.2) is 0 Å². The second-order valence-electron chi connectivity index (χ2n) is 6.32. The second-order valence-corrected chi connectivity index (χ2v) is 6.32. The number of aliphatic hydroxyl groups excluding tert-OH is 1. The molecule has 106 valence electrons. The van der Waals surface area contributed by atoms with E-state index in [0.717, 1.165) is 32.7 Å². The van der Waals surface area contributed by atoms with E-state index in [4.69, 9.17) is 5.11 Å². The van der Waals surface area contributed by atoms with Gasteiger partial charge < -0.3 is 10.0 Å². The smallest absolute Gasteiger partial charge is 0.0558 e. The third-order valence-electron chi connectivity index (χ3n) is 3.84. The van der Waals surface area contributed by atoms with E-state index in [2.05, 4.69) is 54.8 Å². The summed E-state index contributed by atoms with van der Waals surface area (Å²) in [7, 11) is 0. The van der Waals surface area contributed by atoms with Crippen molar-refractivity contribution in [3.63, 3.8) is 0 Å². The van der Waals surface area contributed by atoms with Gasteiger partial charge >= 0.3 is 0 Å². The molecule has 0 aliphatic carbocycles. The van der Waals surface area contributed by atoms with Gasteiger partial charge in [0.05, 0.1) is 6.61 Å². The van der Waals surface area contributed by atoms with Crippen LogP contribution in [0.5, 0.6) is 0 Å². The van der Waals surface area contributed by atoms with Crippen LogP contribution in [0, 0.1) is 0 Å². The lowest BCUT2D eigenvalue weighted by Gasteiger charge is -2.38. The average molecular weight is 262 g/mol. The zero-order valence-electron chi connectivity index (χ0n) is 12.4. The summed E-state index contributed by atoms with van der Waals surface area (Å²) in [5.41, 5.74) is 2.97. The van der Waals surface area contributed by atoms with Crippen LogP contribution in [0.4, 0.5) is 5.69 Å². The van der Waals surface area contributed by atoms with Gasteiger partial charge in [0.25, 0.3) is 0 Å². The van der Waals surface area contributed by atoms with Gasteiger partial charge in [0.2, 0.25) is 0 Å². The molecule has 19 heavy (non-hydrogen) atoms. The Kier molecular flexibility index (Phi) is 4.48. The fraction of sp³-hybridized carbons (Fsp3) is 0.625. The van der Waals surface area contributed by atoms with Crippen LogP contribution in [-0.2, 0) is 5.41 Å². The summed E-state index contributed by atoms with van der Waals surface area (Å²) in [4.78, 5) is 4.81. The molecule has 1 N–H and O–H groups in total. The molecule has 0 saturated carbocycles. The molecule has 1 saturated heterocycles. The van der Waals surface area contributed by atoms with Gasteiger partial charge in [-0.25, -0.2) is 0 Å². The highest BCUT2D eigenvalue weighted by molar-refractivity contribution is 5.56. The maximum Gasteiger partial charge on any atom is 0.0558 e. The van der Waals surface area contributed by atoms with Crippen molar-refractivity contribution in [1.29, 1.82) is 0 Å². The summed E-state index contributed by atoms with van der Waals surface area (Å²) in [6.07, 6.45) is 0. The van der Waals surface area contributed by atoms with E-state index in [0.29, 0.717) is 0 Å². The highest BCUT2D eigenvalue weighted by Gasteiger charge is 2.23. The number of anilines is 1. The van der Waals surface area contributed by atoms with Gasteiger partial charge in [-0.3, -0.25) is 4.90 Å². The summed E-state index contributed by atoms with van der Waals surface area (Å²) in [6.45, 7) is 12.1. The molecular formula is C16H26N2O. The number of benzene rings is 1. The van der Waals surface area contributed by atoms with Crippen molar-refractivity contribution in [2.45, 2.75) is 26.2 Å². The molecule has 1 fully saturated rings. The maximum absolute atomic E-state index is 9.00. The Morgan fingerprint density at radius 3 is 2.26 bits per heavy atom. The largest absolute Gasteiger partial charge is 0.395 e. The Balaban J connectivity index is 2.12. The lowest BCUT2D eigenvalue weighted by Crippen LogP contribution is -2.47. The number of hydrogen-bond donors (Lipinski definition) is 1. The molecule has 1 aromatic carbocycles. The Hall–Kier alpha value is -1.06. The summed E-state index contributed by atoms with van der Waals surface area (Å²) in [6, 6.07) is 8.74. The zero-order chi connectivity index (χ0) is 13.9. The Morgan fingerprint density at radius 1 is 1.05 bits per heavy atom. The van der Waals surface area contributed by atoms with Crippen LogP contribution in [0.25, 0.3) is 0 Å². The van der Waals surface area contributed by atoms with Crippen LogP contribution in [0.15, 0.2) is 24.3 Å². The van der Waals surface area contributed by atoms with Crippen molar-refractivity contribution < 1.29 is 5.11 Å². The van der Waals surface area contributed by atoms with Crippen LogP contribution in [0.1, 0.15) is 26.3 Å². The molecule has 3 heteroatoms. The predicted octanol–water partition coefficient (Wildman–Crippen LogP) is 2.10. The summed E-state index contributed by atoms with van der Waals surface area (Å²) in [5.74, 6) is 0. The highest BCUT2D eigenvalue weighted by Crippen LogP contribution is 2.32. The number of nitrogens with zero attached hydrogens (tertiary/aromatic N) is 2. The number of aliphatic hydroxyl groups is 1. The van der Waals surface area contributed by atoms with Crippen LogP contribution in [-0.4, -0.2) is 49.3 Å². The topological polar surface area (TPSA) is 26.7 Å². The number of para-hydroxylation sites is 1. The summed E-state index contributed by atoms with van der Waals surface area (Å²) >= 11 is 0. The first kappa shape index (κ1) is 14.4. The Bertz CT molecular complexity index is 403. The van der Waals surface area contributed by atoms with E-state index in [1.54, 1.807) is 0 Å². The van der Waals surface area contributed by atoms with E-state index in [1.807, 2.05) is 0 Å². The number of piperazine rings is 1. The number of β-amino-alcohol motifs (C(OH)–C–C–N with tert-alkyl or cyclic N) is 1. The normalized spacial score (nSPS) is 17.8. The third-order valence-corrected chi connectivity index (χ3v) is 3.84. The molecule has 0 radical (unpaired) electrons. The van der Waals surface area contributed by atoms with Crippen molar-refractivity contribution >= 4 is 5.69 Å². The fourth-order valence-corrected chi connectivity index (χ4v) is 2.74. The maximum atomic E-state index is 9.00. The minimum atomic E-state index is 0.179. The van der Waals surface area contributed by atoms with Crippen LogP contribution < -0.4 is 4.90 Å². The van der Waals surface area contributed by atoms with E-state index in [1.165, 1.54) is 11.3 Å². The molecule has 1 aromatic rings. The van der Waals surface area contributed by atoms with Gasteiger partial charge in [0, 0.05) is 38.4 Å². The van der Waals surface area contributed by atoms with E-state index >= 15 is 0 Å². The molecule has 0 atom stereocenters. The molecular weight excluding hydrogens is 236 g/mol. The first-order chi connectivity index (χ1) is 9.02. The van der Waals surface area contributed by atoms with Gasteiger partial charge in [-0.2, -0.15) is 0 Å². The quantitative estimate of drug-likeness (QED) is 0.903. The van der Waals surface area contributed by atoms with E-state index < -0.39 is 0 Å². The molecule has 0 amide bonds. The lowest BCUT2D eigenvalue weighted by molar-refractivity contribution is 0.188.